The molecule has 4 unspecified atom stereocenters. The highest BCUT2D eigenvalue weighted by molar-refractivity contribution is 5.30. The summed E-state index contributed by atoms with van der Waals surface area (Å²) in [6, 6.07) is 8.81. The highest BCUT2D eigenvalue weighted by atomic mass is 16.3. The number of hydrogen-bond acceptors (Lipinski definition) is 3. The van der Waals surface area contributed by atoms with E-state index in [0.29, 0.717) is 5.92 Å². The summed E-state index contributed by atoms with van der Waals surface area (Å²) in [6.07, 6.45) is 0.679. The van der Waals surface area contributed by atoms with E-state index in [1.165, 1.54) is 11.1 Å². The molecule has 0 saturated carbocycles. The van der Waals surface area contributed by atoms with Crippen LogP contribution in [0.2, 0.25) is 0 Å². The van der Waals surface area contributed by atoms with E-state index in [2.05, 4.69) is 49.9 Å². The molecular weight excluding hydrogens is 236 g/mol. The zero-order valence-electron chi connectivity index (χ0n) is 12.2. The lowest BCUT2D eigenvalue weighted by Crippen LogP contribution is -2.48. The number of piperidine rings is 1. The van der Waals surface area contributed by atoms with E-state index in [9.17, 15) is 5.11 Å². The zero-order valence-corrected chi connectivity index (χ0v) is 12.2. The molecule has 1 heterocycles. The van der Waals surface area contributed by atoms with Crippen LogP contribution in [-0.2, 0) is 0 Å². The summed E-state index contributed by atoms with van der Waals surface area (Å²) in [5.74, 6) is 0.319. The van der Waals surface area contributed by atoms with E-state index in [4.69, 9.17) is 5.73 Å². The third kappa shape index (κ3) is 3.16. The number of nitrogens with two attached hydrogens (primary N) is 1. The van der Waals surface area contributed by atoms with Crippen molar-refractivity contribution in [3.8, 4) is 0 Å². The van der Waals surface area contributed by atoms with Crippen molar-refractivity contribution in [3.05, 3.63) is 35.4 Å². The van der Waals surface area contributed by atoms with Gasteiger partial charge in [0.1, 0.15) is 0 Å². The predicted molar refractivity (Wildman–Crippen MR) is 78.9 cm³/mol. The molecule has 3 nitrogen and oxygen atoms in total. The van der Waals surface area contributed by atoms with Crippen LogP contribution >= 0.6 is 0 Å². The van der Waals surface area contributed by atoms with E-state index in [1.54, 1.807) is 0 Å². The average Bonchev–Trinajstić information content (AvgIpc) is 2.36. The van der Waals surface area contributed by atoms with Gasteiger partial charge in [0.05, 0.1) is 6.10 Å². The van der Waals surface area contributed by atoms with Gasteiger partial charge in [-0.1, -0.05) is 31.2 Å². The Hall–Kier alpha value is -0.900. The minimum Gasteiger partial charge on any atom is -0.393 e. The van der Waals surface area contributed by atoms with E-state index in [1.807, 2.05) is 0 Å². The molecule has 0 amide bonds. The van der Waals surface area contributed by atoms with Crippen LogP contribution in [0.25, 0.3) is 0 Å². The quantitative estimate of drug-likeness (QED) is 0.877. The SMILES string of the molecule is Cc1ccccc1C(C(C)N)N1CCC(O)C(C)C1. The molecule has 1 aromatic rings. The van der Waals surface area contributed by atoms with Gasteiger partial charge >= 0.3 is 0 Å². The first kappa shape index (κ1) is 14.5. The number of aliphatic hydroxyl groups excluding tert-OH is 1. The molecular formula is C16H26N2O. The molecule has 0 spiro atoms. The molecule has 3 heteroatoms. The van der Waals surface area contributed by atoms with Gasteiger partial charge in [0.15, 0.2) is 0 Å². The largest absolute Gasteiger partial charge is 0.393 e. The minimum absolute atomic E-state index is 0.0866. The summed E-state index contributed by atoms with van der Waals surface area (Å²) >= 11 is 0. The number of likely N-dealkylation sites (tertiary alicyclic amines) is 1. The Balaban J connectivity index is 2.24. The Morgan fingerprint density at radius 1 is 1.37 bits per heavy atom. The second-order valence-electron chi connectivity index (χ2n) is 5.99. The molecule has 1 aliphatic heterocycles. The van der Waals surface area contributed by atoms with Crippen LogP contribution in [0.5, 0.6) is 0 Å². The normalized spacial score (nSPS) is 28.1. The summed E-state index contributed by atoms with van der Waals surface area (Å²) in [5.41, 5.74) is 8.86. The monoisotopic (exact) mass is 262 g/mol. The van der Waals surface area contributed by atoms with Crippen LogP contribution < -0.4 is 5.73 Å². The fraction of sp³-hybridized carbons (Fsp3) is 0.625. The first-order chi connectivity index (χ1) is 9.00. The van der Waals surface area contributed by atoms with Crippen LogP contribution in [-0.4, -0.2) is 35.2 Å². The van der Waals surface area contributed by atoms with E-state index >= 15 is 0 Å². The van der Waals surface area contributed by atoms with Gasteiger partial charge in [-0.25, -0.2) is 0 Å². The second kappa shape index (κ2) is 6.04. The number of hydrogen-bond donors (Lipinski definition) is 2. The van der Waals surface area contributed by atoms with Crippen LogP contribution in [0.15, 0.2) is 24.3 Å². The van der Waals surface area contributed by atoms with Crippen LogP contribution in [0, 0.1) is 12.8 Å². The maximum absolute atomic E-state index is 9.88. The fourth-order valence-electron chi connectivity index (χ4n) is 3.15. The van der Waals surface area contributed by atoms with Gasteiger partial charge in [-0.2, -0.15) is 0 Å². The summed E-state index contributed by atoms with van der Waals surface area (Å²) in [7, 11) is 0. The highest BCUT2D eigenvalue weighted by Gasteiger charge is 2.31. The standard InChI is InChI=1S/C16H26N2O/c1-11-6-4-5-7-14(11)16(13(3)17)18-9-8-15(19)12(2)10-18/h4-7,12-13,15-16,19H,8-10,17H2,1-3H3. The van der Waals surface area contributed by atoms with E-state index in [0.717, 1.165) is 19.5 Å². The van der Waals surface area contributed by atoms with Gasteiger partial charge in [0, 0.05) is 25.2 Å². The Morgan fingerprint density at radius 2 is 2.05 bits per heavy atom. The topological polar surface area (TPSA) is 49.5 Å². The van der Waals surface area contributed by atoms with Crippen molar-refractivity contribution in [1.82, 2.24) is 4.90 Å². The third-order valence-corrected chi connectivity index (χ3v) is 4.29. The summed E-state index contributed by atoms with van der Waals surface area (Å²) < 4.78 is 0. The maximum Gasteiger partial charge on any atom is 0.0590 e. The fourth-order valence-corrected chi connectivity index (χ4v) is 3.15. The van der Waals surface area contributed by atoms with Crippen molar-refractivity contribution < 1.29 is 5.11 Å². The van der Waals surface area contributed by atoms with Crippen molar-refractivity contribution >= 4 is 0 Å². The lowest BCUT2D eigenvalue weighted by Gasteiger charge is -2.41. The van der Waals surface area contributed by atoms with Gasteiger partial charge in [-0.05, 0) is 37.3 Å². The molecule has 0 bridgehead atoms. The molecule has 0 aromatic heterocycles. The van der Waals surface area contributed by atoms with Crippen molar-refractivity contribution in [2.75, 3.05) is 13.1 Å². The number of benzene rings is 1. The second-order valence-corrected chi connectivity index (χ2v) is 5.99. The van der Waals surface area contributed by atoms with Crippen LogP contribution in [0.3, 0.4) is 0 Å². The smallest absolute Gasteiger partial charge is 0.0590 e. The molecule has 0 radical (unpaired) electrons. The molecule has 2 rings (SSSR count). The molecule has 4 atom stereocenters. The van der Waals surface area contributed by atoms with Gasteiger partial charge in [-0.3, -0.25) is 4.90 Å². The Morgan fingerprint density at radius 3 is 2.63 bits per heavy atom. The lowest BCUT2D eigenvalue weighted by atomic mass is 9.90. The van der Waals surface area contributed by atoms with Gasteiger partial charge in [-0.15, -0.1) is 0 Å². The van der Waals surface area contributed by atoms with Crippen LogP contribution in [0.1, 0.15) is 37.4 Å². The van der Waals surface area contributed by atoms with Crippen LogP contribution in [0.4, 0.5) is 0 Å². The summed E-state index contributed by atoms with van der Waals surface area (Å²) in [6.45, 7) is 8.18. The van der Waals surface area contributed by atoms with Crippen molar-refractivity contribution in [2.45, 2.75) is 45.4 Å². The van der Waals surface area contributed by atoms with E-state index < -0.39 is 0 Å². The number of nitrogens with zero attached hydrogens (tertiary/aromatic N) is 1. The molecule has 0 aliphatic carbocycles. The molecule has 1 saturated heterocycles. The Kier molecular flexibility index (Phi) is 4.61. The van der Waals surface area contributed by atoms with Crippen molar-refractivity contribution in [1.29, 1.82) is 0 Å². The number of rotatable bonds is 3. The molecule has 1 fully saturated rings. The minimum atomic E-state index is -0.165. The zero-order chi connectivity index (χ0) is 14.0. The lowest BCUT2D eigenvalue weighted by molar-refractivity contribution is 0.0125. The molecule has 3 N–H and O–H groups in total. The van der Waals surface area contributed by atoms with Gasteiger partial charge in [0.25, 0.3) is 0 Å². The molecule has 106 valence electrons. The Labute approximate surface area is 116 Å². The predicted octanol–water partition coefficient (Wildman–Crippen LogP) is 2.09. The van der Waals surface area contributed by atoms with Gasteiger partial charge in [0.2, 0.25) is 0 Å². The molecule has 1 aliphatic rings. The number of aliphatic hydroxyl groups is 1. The highest BCUT2D eigenvalue weighted by Crippen LogP contribution is 2.30. The summed E-state index contributed by atoms with van der Waals surface area (Å²) in [4.78, 5) is 2.43. The molecule has 1 aromatic carbocycles. The van der Waals surface area contributed by atoms with Crippen molar-refractivity contribution in [3.63, 3.8) is 0 Å². The first-order valence-electron chi connectivity index (χ1n) is 7.24. The first-order valence-corrected chi connectivity index (χ1v) is 7.24. The average molecular weight is 262 g/mol. The van der Waals surface area contributed by atoms with Gasteiger partial charge < -0.3 is 10.8 Å². The number of aryl methyl sites for hydroxylation is 1. The summed E-state index contributed by atoms with van der Waals surface area (Å²) in [5, 5.41) is 9.88. The Bertz CT molecular complexity index is 419. The maximum atomic E-state index is 9.88. The third-order valence-electron chi connectivity index (χ3n) is 4.29. The molecule has 19 heavy (non-hydrogen) atoms. The van der Waals surface area contributed by atoms with E-state index in [-0.39, 0.29) is 18.2 Å². The van der Waals surface area contributed by atoms with Crippen molar-refractivity contribution in [2.24, 2.45) is 11.7 Å².